The van der Waals surface area contributed by atoms with Crippen molar-refractivity contribution in [3.63, 3.8) is 0 Å². The van der Waals surface area contributed by atoms with Crippen LogP contribution in [0.3, 0.4) is 0 Å². The molecule has 0 aliphatic carbocycles. The third kappa shape index (κ3) is 3.30. The molecule has 0 radical (unpaired) electrons. The number of rotatable bonds is 2. The Balaban J connectivity index is 1.33. The number of nitrogens with zero attached hydrogens (tertiary/aromatic N) is 3. The predicted octanol–water partition coefficient (Wildman–Crippen LogP) is 1.58. The topological polar surface area (TPSA) is 69.9 Å². The summed E-state index contributed by atoms with van der Waals surface area (Å²) in [5.41, 5.74) is 8.34. The summed E-state index contributed by atoms with van der Waals surface area (Å²) in [6, 6.07) is 8.45. The summed E-state index contributed by atoms with van der Waals surface area (Å²) in [6.45, 7) is 4.30. The Bertz CT molecular complexity index is 684. The normalized spacial score (nSPS) is 24.5. The van der Waals surface area contributed by atoms with Gasteiger partial charge in [0.1, 0.15) is 6.04 Å². The molecular formula is C20H28N4O2. The highest BCUT2D eigenvalue weighted by molar-refractivity contribution is 5.87. The Kier molecular flexibility index (Phi) is 4.85. The zero-order valence-electron chi connectivity index (χ0n) is 15.3. The van der Waals surface area contributed by atoms with Crippen LogP contribution >= 0.6 is 0 Å². The van der Waals surface area contributed by atoms with Crippen molar-refractivity contribution in [3.8, 4) is 0 Å². The van der Waals surface area contributed by atoms with E-state index in [9.17, 15) is 9.59 Å². The minimum absolute atomic E-state index is 0.0868. The van der Waals surface area contributed by atoms with Crippen LogP contribution in [0, 0.1) is 0 Å². The molecule has 0 aromatic heterocycles. The number of carbonyl (C=O) groups excluding carboxylic acids is 2. The van der Waals surface area contributed by atoms with E-state index in [0.29, 0.717) is 12.6 Å². The van der Waals surface area contributed by atoms with E-state index in [2.05, 4.69) is 29.2 Å². The van der Waals surface area contributed by atoms with Crippen molar-refractivity contribution in [3.05, 3.63) is 35.4 Å². The highest BCUT2D eigenvalue weighted by Gasteiger charge is 2.37. The summed E-state index contributed by atoms with van der Waals surface area (Å²) in [5, 5.41) is 0. The first-order valence-corrected chi connectivity index (χ1v) is 9.79. The van der Waals surface area contributed by atoms with Gasteiger partial charge in [-0.3, -0.25) is 9.69 Å². The summed E-state index contributed by atoms with van der Waals surface area (Å²) >= 11 is 0. The van der Waals surface area contributed by atoms with Crippen molar-refractivity contribution >= 4 is 11.9 Å². The van der Waals surface area contributed by atoms with Gasteiger partial charge in [-0.25, -0.2) is 4.79 Å². The molecule has 4 rings (SSSR count). The number of carbonyl (C=O) groups is 2. The average molecular weight is 356 g/mol. The molecule has 1 aromatic carbocycles. The maximum Gasteiger partial charge on any atom is 0.315 e. The molecule has 0 unspecified atom stereocenters. The zero-order valence-corrected chi connectivity index (χ0v) is 15.3. The number of hydrogen-bond donors (Lipinski definition) is 1. The van der Waals surface area contributed by atoms with Gasteiger partial charge in [0.2, 0.25) is 5.91 Å². The fourth-order valence-corrected chi connectivity index (χ4v) is 4.78. The summed E-state index contributed by atoms with van der Waals surface area (Å²) in [5.74, 6) is 0.0868. The van der Waals surface area contributed by atoms with Crippen molar-refractivity contribution in [1.29, 1.82) is 0 Å². The van der Waals surface area contributed by atoms with Crippen molar-refractivity contribution < 1.29 is 9.59 Å². The molecule has 2 N–H and O–H groups in total. The third-order valence-electron chi connectivity index (χ3n) is 6.27. The van der Waals surface area contributed by atoms with E-state index < -0.39 is 6.03 Å². The van der Waals surface area contributed by atoms with E-state index in [0.717, 1.165) is 58.3 Å². The molecule has 3 heterocycles. The molecule has 140 valence electrons. The standard InChI is InChI=1S/C20H28N4O2/c21-20(26)24-10-3-6-18(24)19(25)22-12-8-17(9-13-22)23-11-7-15-4-1-2-5-16(15)14-23/h1-2,4-5,17-18H,3,6-14H2,(H2,21,26)/t18-/m0/s1. The van der Waals surface area contributed by atoms with E-state index in [1.807, 2.05) is 4.90 Å². The van der Waals surface area contributed by atoms with Crippen LogP contribution in [0.15, 0.2) is 24.3 Å². The predicted molar refractivity (Wildman–Crippen MR) is 99.5 cm³/mol. The summed E-state index contributed by atoms with van der Waals surface area (Å²) in [7, 11) is 0. The second-order valence-electron chi connectivity index (χ2n) is 7.74. The van der Waals surface area contributed by atoms with Gasteiger partial charge in [0.15, 0.2) is 0 Å². The number of amides is 3. The molecule has 6 nitrogen and oxygen atoms in total. The summed E-state index contributed by atoms with van der Waals surface area (Å²) in [4.78, 5) is 30.4. The maximum absolute atomic E-state index is 12.8. The van der Waals surface area contributed by atoms with Crippen LogP contribution in [0.2, 0.25) is 0 Å². The van der Waals surface area contributed by atoms with Crippen molar-refractivity contribution in [2.75, 3.05) is 26.2 Å². The molecule has 3 amide bonds. The lowest BCUT2D eigenvalue weighted by Gasteiger charge is -2.41. The molecule has 2 fully saturated rings. The van der Waals surface area contributed by atoms with E-state index >= 15 is 0 Å². The highest BCUT2D eigenvalue weighted by Crippen LogP contribution is 2.26. The Morgan fingerprint density at radius 3 is 2.42 bits per heavy atom. The molecule has 1 atom stereocenters. The highest BCUT2D eigenvalue weighted by atomic mass is 16.2. The van der Waals surface area contributed by atoms with Gasteiger partial charge in [0.05, 0.1) is 0 Å². The fourth-order valence-electron chi connectivity index (χ4n) is 4.78. The minimum Gasteiger partial charge on any atom is -0.351 e. The quantitative estimate of drug-likeness (QED) is 0.875. The van der Waals surface area contributed by atoms with Crippen molar-refractivity contribution in [2.24, 2.45) is 5.73 Å². The first-order chi connectivity index (χ1) is 12.6. The lowest BCUT2D eigenvalue weighted by Crippen LogP contribution is -2.53. The number of nitrogens with two attached hydrogens (primary N) is 1. The molecule has 2 saturated heterocycles. The smallest absolute Gasteiger partial charge is 0.315 e. The number of likely N-dealkylation sites (tertiary alicyclic amines) is 2. The molecule has 0 bridgehead atoms. The van der Waals surface area contributed by atoms with Crippen LogP contribution in [0.1, 0.15) is 36.8 Å². The number of primary amides is 1. The van der Waals surface area contributed by atoms with Crippen LogP contribution in [0.5, 0.6) is 0 Å². The van der Waals surface area contributed by atoms with Crippen molar-refractivity contribution in [1.82, 2.24) is 14.7 Å². The van der Waals surface area contributed by atoms with Crippen LogP contribution in [0.25, 0.3) is 0 Å². The van der Waals surface area contributed by atoms with Crippen molar-refractivity contribution in [2.45, 2.75) is 50.7 Å². The molecule has 0 spiro atoms. The molecule has 26 heavy (non-hydrogen) atoms. The van der Waals surface area contributed by atoms with E-state index in [1.54, 1.807) is 0 Å². The molecule has 3 aliphatic heterocycles. The van der Waals surface area contributed by atoms with Gasteiger partial charge >= 0.3 is 6.03 Å². The first kappa shape index (κ1) is 17.3. The van der Waals surface area contributed by atoms with Crippen LogP contribution < -0.4 is 5.73 Å². The van der Waals surface area contributed by atoms with E-state index in [1.165, 1.54) is 16.0 Å². The largest absolute Gasteiger partial charge is 0.351 e. The maximum atomic E-state index is 12.8. The number of fused-ring (bicyclic) bond motifs is 1. The lowest BCUT2D eigenvalue weighted by molar-refractivity contribution is -0.136. The summed E-state index contributed by atoms with van der Waals surface area (Å²) < 4.78 is 0. The Morgan fingerprint density at radius 1 is 0.962 bits per heavy atom. The number of urea groups is 1. The zero-order chi connectivity index (χ0) is 18.1. The van der Waals surface area contributed by atoms with Crippen LogP contribution in [-0.2, 0) is 17.8 Å². The minimum atomic E-state index is -0.470. The number of benzene rings is 1. The third-order valence-corrected chi connectivity index (χ3v) is 6.27. The number of hydrogen-bond acceptors (Lipinski definition) is 3. The van der Waals surface area contributed by atoms with Gasteiger partial charge in [0.25, 0.3) is 0 Å². The molecular weight excluding hydrogens is 328 g/mol. The monoisotopic (exact) mass is 356 g/mol. The van der Waals surface area contributed by atoms with Crippen LogP contribution in [-0.4, -0.2) is 64.9 Å². The number of piperidine rings is 1. The van der Waals surface area contributed by atoms with Gasteiger partial charge in [-0.2, -0.15) is 0 Å². The SMILES string of the molecule is NC(=O)N1CCC[C@H]1C(=O)N1CCC(N2CCc3ccccc3C2)CC1. The van der Waals surface area contributed by atoms with Gasteiger partial charge in [0, 0.05) is 38.8 Å². The van der Waals surface area contributed by atoms with E-state index in [4.69, 9.17) is 5.73 Å². The van der Waals surface area contributed by atoms with Gasteiger partial charge in [-0.05, 0) is 43.2 Å². The molecule has 3 aliphatic rings. The Hall–Kier alpha value is -2.08. The lowest BCUT2D eigenvalue weighted by atomic mass is 9.95. The Labute approximate surface area is 154 Å². The Morgan fingerprint density at radius 2 is 1.69 bits per heavy atom. The second kappa shape index (κ2) is 7.27. The first-order valence-electron chi connectivity index (χ1n) is 9.79. The van der Waals surface area contributed by atoms with E-state index in [-0.39, 0.29) is 11.9 Å². The van der Waals surface area contributed by atoms with Crippen LogP contribution in [0.4, 0.5) is 4.79 Å². The molecule has 1 aromatic rings. The second-order valence-corrected chi connectivity index (χ2v) is 7.74. The average Bonchev–Trinajstić information content (AvgIpc) is 3.17. The molecule has 0 saturated carbocycles. The van der Waals surface area contributed by atoms with Gasteiger partial charge < -0.3 is 15.5 Å². The van der Waals surface area contributed by atoms with Gasteiger partial charge in [-0.1, -0.05) is 24.3 Å². The molecule has 6 heteroatoms. The van der Waals surface area contributed by atoms with Gasteiger partial charge in [-0.15, -0.1) is 0 Å². The summed E-state index contributed by atoms with van der Waals surface area (Å²) in [6.07, 6.45) is 4.74. The fraction of sp³-hybridized carbons (Fsp3) is 0.600.